The average Bonchev–Trinajstić information content (AvgIpc) is 3.02. The third-order valence-electron chi connectivity index (χ3n) is 2.45. The van der Waals surface area contributed by atoms with Crippen LogP contribution in [-0.4, -0.2) is 39.1 Å². The molecule has 0 spiro atoms. The van der Waals surface area contributed by atoms with Crippen LogP contribution < -0.4 is 0 Å². The summed E-state index contributed by atoms with van der Waals surface area (Å²) in [6.07, 6.45) is 3.77. The molecule has 1 atom stereocenters. The lowest BCUT2D eigenvalue weighted by Crippen LogP contribution is -2.35. The molecule has 0 radical (unpaired) electrons. The van der Waals surface area contributed by atoms with Crippen molar-refractivity contribution in [1.29, 1.82) is 0 Å². The predicted octanol–water partition coefficient (Wildman–Crippen LogP) is 1.80. The van der Waals surface area contributed by atoms with Gasteiger partial charge in [-0.25, -0.2) is 0 Å². The zero-order chi connectivity index (χ0) is 11.1. The highest BCUT2D eigenvalue weighted by molar-refractivity contribution is 4.91. The minimum absolute atomic E-state index is 0.0496. The molecule has 0 aromatic carbocycles. The Morgan fingerprint density at radius 1 is 1.27 bits per heavy atom. The van der Waals surface area contributed by atoms with Crippen molar-refractivity contribution in [3.05, 3.63) is 25.3 Å². The zero-order valence-corrected chi connectivity index (χ0v) is 9.41. The topological polar surface area (TPSA) is 31.0 Å². The number of ether oxygens (including phenoxy) is 3. The van der Waals surface area contributed by atoms with Gasteiger partial charge >= 0.3 is 0 Å². The molecule has 0 N–H and O–H groups in total. The van der Waals surface area contributed by atoms with Crippen LogP contribution in [0.15, 0.2) is 25.3 Å². The Morgan fingerprint density at radius 2 is 1.73 bits per heavy atom. The van der Waals surface area contributed by atoms with Gasteiger partial charge in [0.15, 0.2) is 0 Å². The first-order valence-electron chi connectivity index (χ1n) is 5.22. The third-order valence-corrected chi connectivity index (χ3v) is 2.45. The number of rotatable bonds is 9. The lowest BCUT2D eigenvalue weighted by Gasteiger charge is -2.26. The highest BCUT2D eigenvalue weighted by atomic mass is 16.6. The second-order valence-electron chi connectivity index (χ2n) is 4.08. The van der Waals surface area contributed by atoms with Crippen LogP contribution in [-0.2, 0) is 14.2 Å². The Labute approximate surface area is 91.7 Å². The Bertz CT molecular complexity index is 195. The Balaban J connectivity index is 2.31. The fraction of sp³-hybridized carbons (Fsp3) is 0.667. The predicted molar refractivity (Wildman–Crippen MR) is 59.9 cm³/mol. The summed E-state index contributed by atoms with van der Waals surface area (Å²) >= 11 is 0. The maximum atomic E-state index is 5.48. The molecule has 0 amide bonds. The lowest BCUT2D eigenvalue weighted by atomic mass is 9.89. The van der Waals surface area contributed by atoms with E-state index >= 15 is 0 Å². The Hall–Kier alpha value is -0.640. The van der Waals surface area contributed by atoms with E-state index in [1.165, 1.54) is 0 Å². The molecule has 0 saturated carbocycles. The second kappa shape index (κ2) is 6.05. The molecule has 0 aliphatic carbocycles. The van der Waals surface area contributed by atoms with Crippen molar-refractivity contribution in [2.75, 3.05) is 33.0 Å². The summed E-state index contributed by atoms with van der Waals surface area (Å²) < 4.78 is 16.3. The van der Waals surface area contributed by atoms with Crippen LogP contribution in [0.25, 0.3) is 0 Å². The van der Waals surface area contributed by atoms with Gasteiger partial charge in [-0.15, -0.1) is 13.2 Å². The Kier molecular flexibility index (Phi) is 5.02. The molecule has 0 aromatic rings. The van der Waals surface area contributed by atoms with Gasteiger partial charge in [-0.05, 0) is 0 Å². The quantitative estimate of drug-likeness (QED) is 0.332. The molecule has 86 valence electrons. The van der Waals surface area contributed by atoms with Gasteiger partial charge in [-0.3, -0.25) is 0 Å². The van der Waals surface area contributed by atoms with Crippen molar-refractivity contribution in [1.82, 2.24) is 0 Å². The molecule has 1 aliphatic heterocycles. The summed E-state index contributed by atoms with van der Waals surface area (Å²) in [5.41, 5.74) is -0.0496. The van der Waals surface area contributed by atoms with Crippen LogP contribution in [0.3, 0.4) is 0 Å². The number of hydrogen-bond acceptors (Lipinski definition) is 3. The maximum absolute atomic E-state index is 5.48. The molecule has 1 aliphatic rings. The smallest absolute Gasteiger partial charge is 0.0907 e. The number of epoxide rings is 1. The summed E-state index contributed by atoms with van der Waals surface area (Å²) in [4.78, 5) is 0. The van der Waals surface area contributed by atoms with E-state index in [2.05, 4.69) is 20.1 Å². The van der Waals surface area contributed by atoms with E-state index < -0.39 is 0 Å². The molecule has 1 fully saturated rings. The first kappa shape index (κ1) is 12.4. The van der Waals surface area contributed by atoms with Crippen LogP contribution in [0.5, 0.6) is 0 Å². The van der Waals surface area contributed by atoms with E-state index in [1.807, 2.05) is 0 Å². The summed E-state index contributed by atoms with van der Waals surface area (Å²) in [6, 6.07) is 0. The maximum Gasteiger partial charge on any atom is 0.0907 e. The second-order valence-corrected chi connectivity index (χ2v) is 4.08. The lowest BCUT2D eigenvalue weighted by molar-refractivity contribution is -0.0137. The van der Waals surface area contributed by atoms with E-state index in [0.717, 1.165) is 6.61 Å². The van der Waals surface area contributed by atoms with E-state index in [9.17, 15) is 0 Å². The minimum atomic E-state index is -0.0496. The number of hydrogen-bond donors (Lipinski definition) is 0. The standard InChI is InChI=1S/C12H20O3/c1-4-6-13-9-12(3,11-8-15-11)10-14-7-5-2/h4-5,11H,1-2,6-10H2,3H3. The minimum Gasteiger partial charge on any atom is -0.377 e. The summed E-state index contributed by atoms with van der Waals surface area (Å²) in [5.74, 6) is 0. The van der Waals surface area contributed by atoms with Gasteiger partial charge in [0.05, 0.1) is 39.1 Å². The molecule has 15 heavy (non-hydrogen) atoms. The van der Waals surface area contributed by atoms with E-state index in [4.69, 9.17) is 14.2 Å². The monoisotopic (exact) mass is 212 g/mol. The van der Waals surface area contributed by atoms with Crippen molar-refractivity contribution in [3.63, 3.8) is 0 Å². The van der Waals surface area contributed by atoms with Gasteiger partial charge < -0.3 is 14.2 Å². The third kappa shape index (κ3) is 4.16. The zero-order valence-electron chi connectivity index (χ0n) is 9.41. The van der Waals surface area contributed by atoms with Crippen LogP contribution in [0, 0.1) is 5.41 Å². The largest absolute Gasteiger partial charge is 0.377 e. The molecular weight excluding hydrogens is 192 g/mol. The van der Waals surface area contributed by atoms with E-state index in [0.29, 0.717) is 26.4 Å². The SMILES string of the molecule is C=CCOCC(C)(COCC=C)C1CO1. The van der Waals surface area contributed by atoms with Gasteiger partial charge in [0.2, 0.25) is 0 Å². The van der Waals surface area contributed by atoms with Crippen LogP contribution in [0.1, 0.15) is 6.92 Å². The van der Waals surface area contributed by atoms with Crippen molar-refractivity contribution < 1.29 is 14.2 Å². The molecule has 1 rings (SSSR count). The molecule has 3 nitrogen and oxygen atoms in total. The van der Waals surface area contributed by atoms with Crippen molar-refractivity contribution in [2.24, 2.45) is 5.41 Å². The van der Waals surface area contributed by atoms with Crippen LogP contribution >= 0.6 is 0 Å². The van der Waals surface area contributed by atoms with Crippen molar-refractivity contribution in [2.45, 2.75) is 13.0 Å². The van der Waals surface area contributed by atoms with Gasteiger partial charge in [-0.2, -0.15) is 0 Å². The first-order valence-corrected chi connectivity index (χ1v) is 5.22. The summed E-state index contributed by atoms with van der Waals surface area (Å²) in [7, 11) is 0. The van der Waals surface area contributed by atoms with Gasteiger partial charge in [0.1, 0.15) is 0 Å². The molecule has 1 unspecified atom stereocenters. The molecular formula is C12H20O3. The fourth-order valence-corrected chi connectivity index (χ4v) is 1.43. The normalized spacial score (nSPS) is 19.9. The fourth-order valence-electron chi connectivity index (χ4n) is 1.43. The molecule has 0 bridgehead atoms. The average molecular weight is 212 g/mol. The van der Waals surface area contributed by atoms with Crippen LogP contribution in [0.4, 0.5) is 0 Å². The Morgan fingerprint density at radius 3 is 2.07 bits per heavy atom. The van der Waals surface area contributed by atoms with Crippen molar-refractivity contribution >= 4 is 0 Å². The van der Waals surface area contributed by atoms with Gasteiger partial charge in [-0.1, -0.05) is 19.1 Å². The van der Waals surface area contributed by atoms with Crippen LogP contribution in [0.2, 0.25) is 0 Å². The van der Waals surface area contributed by atoms with E-state index in [1.54, 1.807) is 12.2 Å². The van der Waals surface area contributed by atoms with E-state index in [-0.39, 0.29) is 11.5 Å². The molecule has 1 saturated heterocycles. The molecule has 0 aromatic heterocycles. The van der Waals surface area contributed by atoms with Gasteiger partial charge in [0, 0.05) is 5.41 Å². The summed E-state index contributed by atoms with van der Waals surface area (Å²) in [6.45, 7) is 12.6. The summed E-state index contributed by atoms with van der Waals surface area (Å²) in [5, 5.41) is 0. The van der Waals surface area contributed by atoms with Crippen molar-refractivity contribution in [3.8, 4) is 0 Å². The molecule has 3 heteroatoms. The first-order chi connectivity index (χ1) is 7.23. The van der Waals surface area contributed by atoms with Gasteiger partial charge in [0.25, 0.3) is 0 Å². The molecule has 1 heterocycles. The highest BCUT2D eigenvalue weighted by Crippen LogP contribution is 2.33. The highest BCUT2D eigenvalue weighted by Gasteiger charge is 2.43.